The number of hydrogen-bond acceptors (Lipinski definition) is 7. The predicted molar refractivity (Wildman–Crippen MR) is 126 cm³/mol. The highest BCUT2D eigenvalue weighted by atomic mass is 16.7. The van der Waals surface area contributed by atoms with Gasteiger partial charge >= 0.3 is 6.09 Å². The molecule has 5 rings (SSSR count). The molecule has 2 aliphatic heterocycles. The second-order valence-corrected chi connectivity index (χ2v) is 8.54. The van der Waals surface area contributed by atoms with E-state index in [4.69, 9.17) is 19.3 Å². The quantitative estimate of drug-likeness (QED) is 0.437. The highest BCUT2D eigenvalue weighted by molar-refractivity contribution is 6.08. The summed E-state index contributed by atoms with van der Waals surface area (Å²) >= 11 is 0. The minimum Gasteiger partial charge on any atom is -0.493 e. The van der Waals surface area contributed by atoms with Crippen LogP contribution in [0.25, 0.3) is 22.3 Å². The van der Waals surface area contributed by atoms with Crippen molar-refractivity contribution in [3.05, 3.63) is 30.2 Å². The number of aromatic nitrogens is 3. The molecule has 2 amide bonds. The number of fused-ring (bicyclic) bond motifs is 2. The van der Waals surface area contributed by atoms with Gasteiger partial charge in [-0.1, -0.05) is 13.3 Å². The Labute approximate surface area is 201 Å². The molecule has 0 atom stereocenters. The Morgan fingerprint density at radius 3 is 2.86 bits per heavy atom. The molecule has 3 aromatic rings. The van der Waals surface area contributed by atoms with Gasteiger partial charge in [-0.05, 0) is 31.4 Å². The monoisotopic (exact) mass is 481 g/mol. The molecule has 0 bridgehead atoms. The van der Waals surface area contributed by atoms with Crippen molar-refractivity contribution in [2.45, 2.75) is 38.6 Å². The summed E-state index contributed by atoms with van der Waals surface area (Å²) in [6, 6.07) is 3.55. The van der Waals surface area contributed by atoms with Gasteiger partial charge in [0.2, 0.25) is 6.79 Å². The number of aromatic amines is 1. The molecule has 11 heteroatoms. The Morgan fingerprint density at radius 2 is 2.09 bits per heavy atom. The average Bonchev–Trinajstić information content (AvgIpc) is 3.51. The van der Waals surface area contributed by atoms with E-state index in [-0.39, 0.29) is 18.7 Å². The molecular formula is C24H27N5O6. The summed E-state index contributed by atoms with van der Waals surface area (Å²) in [6.07, 6.45) is 5.13. The van der Waals surface area contributed by atoms with Crippen LogP contribution in [0.2, 0.25) is 0 Å². The first-order chi connectivity index (χ1) is 17.1. The third-order valence-corrected chi connectivity index (χ3v) is 6.30. The lowest BCUT2D eigenvalue weighted by Crippen LogP contribution is -2.46. The number of nitrogens with one attached hydrogen (secondary N) is 2. The number of ether oxygens (including phenoxy) is 3. The fourth-order valence-corrected chi connectivity index (χ4v) is 4.41. The molecule has 0 unspecified atom stereocenters. The molecule has 2 aliphatic rings. The Hall–Kier alpha value is -4.02. The first-order valence-electron chi connectivity index (χ1n) is 11.7. The number of likely N-dealkylation sites (tertiary alicyclic amines) is 1. The number of benzene rings is 1. The molecule has 1 fully saturated rings. The molecule has 2 aromatic heterocycles. The van der Waals surface area contributed by atoms with E-state index in [0.29, 0.717) is 77.6 Å². The molecule has 0 radical (unpaired) electrons. The van der Waals surface area contributed by atoms with Gasteiger partial charge in [0, 0.05) is 25.3 Å². The molecule has 0 saturated carbocycles. The largest absolute Gasteiger partial charge is 0.493 e. The summed E-state index contributed by atoms with van der Waals surface area (Å²) < 4.78 is 17.4. The summed E-state index contributed by atoms with van der Waals surface area (Å²) in [7, 11) is 0. The molecule has 1 aromatic carbocycles. The zero-order valence-corrected chi connectivity index (χ0v) is 19.4. The average molecular weight is 482 g/mol. The van der Waals surface area contributed by atoms with E-state index in [1.807, 2.05) is 12.1 Å². The normalized spacial score (nSPS) is 15.4. The van der Waals surface area contributed by atoms with Crippen molar-refractivity contribution < 1.29 is 28.9 Å². The van der Waals surface area contributed by atoms with Crippen LogP contribution in [0.4, 0.5) is 4.79 Å². The van der Waals surface area contributed by atoms with Crippen molar-refractivity contribution in [3.63, 3.8) is 0 Å². The van der Waals surface area contributed by atoms with E-state index in [9.17, 15) is 9.59 Å². The summed E-state index contributed by atoms with van der Waals surface area (Å²) in [5.74, 6) is 1.50. The SMILES string of the molecule is CCCCOc1ccc2c(c1-c1ncnc3c(C(=O)NC4CCN(C(=O)O)CC4)c[nH]c13)OCO2. The van der Waals surface area contributed by atoms with Gasteiger partial charge in [-0.15, -0.1) is 0 Å². The topological polar surface area (TPSA) is 139 Å². The molecule has 0 spiro atoms. The minimum absolute atomic E-state index is 0.105. The maximum atomic E-state index is 13.1. The van der Waals surface area contributed by atoms with Crippen LogP contribution in [0.1, 0.15) is 43.0 Å². The summed E-state index contributed by atoms with van der Waals surface area (Å²) in [5.41, 5.74) is 2.66. The molecule has 1 saturated heterocycles. The maximum Gasteiger partial charge on any atom is 0.407 e. The van der Waals surface area contributed by atoms with E-state index < -0.39 is 6.09 Å². The second-order valence-electron chi connectivity index (χ2n) is 8.54. The van der Waals surface area contributed by atoms with E-state index >= 15 is 0 Å². The number of hydrogen-bond donors (Lipinski definition) is 3. The molecule has 35 heavy (non-hydrogen) atoms. The van der Waals surface area contributed by atoms with E-state index in [2.05, 4.69) is 27.2 Å². The number of piperidine rings is 1. The first-order valence-corrected chi connectivity index (χ1v) is 11.7. The van der Waals surface area contributed by atoms with Crippen LogP contribution >= 0.6 is 0 Å². The van der Waals surface area contributed by atoms with Gasteiger partial charge in [0.05, 0.1) is 23.3 Å². The lowest BCUT2D eigenvalue weighted by Gasteiger charge is -2.30. The van der Waals surface area contributed by atoms with Gasteiger partial charge in [-0.25, -0.2) is 14.8 Å². The zero-order chi connectivity index (χ0) is 24.4. The van der Waals surface area contributed by atoms with Crippen LogP contribution in [0.5, 0.6) is 17.2 Å². The first kappa shape index (κ1) is 22.8. The van der Waals surface area contributed by atoms with Crippen LogP contribution in [0.15, 0.2) is 24.7 Å². The van der Waals surface area contributed by atoms with E-state index in [1.165, 1.54) is 11.2 Å². The number of H-pyrrole nitrogens is 1. The highest BCUT2D eigenvalue weighted by Gasteiger charge is 2.28. The minimum atomic E-state index is -0.935. The third kappa shape index (κ3) is 4.41. The molecule has 4 heterocycles. The molecular weight excluding hydrogens is 454 g/mol. The molecule has 11 nitrogen and oxygen atoms in total. The highest BCUT2D eigenvalue weighted by Crippen LogP contribution is 2.47. The summed E-state index contributed by atoms with van der Waals surface area (Å²) in [4.78, 5) is 37.6. The van der Waals surface area contributed by atoms with Gasteiger partial charge in [-0.3, -0.25) is 4.79 Å². The Morgan fingerprint density at radius 1 is 1.26 bits per heavy atom. The number of carbonyl (C=O) groups excluding carboxylic acids is 1. The Kier molecular flexibility index (Phi) is 6.30. The Balaban J connectivity index is 1.44. The summed E-state index contributed by atoms with van der Waals surface area (Å²) in [6.45, 7) is 3.54. The zero-order valence-electron chi connectivity index (χ0n) is 19.4. The van der Waals surface area contributed by atoms with E-state index in [1.54, 1.807) is 6.20 Å². The van der Waals surface area contributed by atoms with Crippen LogP contribution < -0.4 is 19.5 Å². The van der Waals surface area contributed by atoms with Gasteiger partial charge < -0.3 is 34.5 Å². The van der Waals surface area contributed by atoms with Crippen LogP contribution in [-0.2, 0) is 0 Å². The Bertz CT molecular complexity index is 1250. The number of nitrogens with zero attached hydrogens (tertiary/aromatic N) is 3. The molecule has 3 N–H and O–H groups in total. The molecule has 0 aliphatic carbocycles. The van der Waals surface area contributed by atoms with Crippen molar-refractivity contribution in [1.82, 2.24) is 25.2 Å². The number of carboxylic acid groups (broad SMARTS) is 1. The van der Waals surface area contributed by atoms with Crippen molar-refractivity contribution in [2.24, 2.45) is 0 Å². The fourth-order valence-electron chi connectivity index (χ4n) is 4.41. The fraction of sp³-hybridized carbons (Fsp3) is 0.417. The lowest BCUT2D eigenvalue weighted by atomic mass is 10.0. The second kappa shape index (κ2) is 9.69. The predicted octanol–water partition coefficient (Wildman–Crippen LogP) is 3.40. The van der Waals surface area contributed by atoms with Crippen molar-refractivity contribution in [2.75, 3.05) is 26.5 Å². The van der Waals surface area contributed by atoms with Crippen molar-refractivity contribution >= 4 is 23.0 Å². The summed E-state index contributed by atoms with van der Waals surface area (Å²) in [5, 5.41) is 12.1. The smallest absolute Gasteiger partial charge is 0.407 e. The van der Waals surface area contributed by atoms with Gasteiger partial charge in [-0.2, -0.15) is 0 Å². The number of carbonyl (C=O) groups is 2. The van der Waals surface area contributed by atoms with Crippen molar-refractivity contribution in [1.29, 1.82) is 0 Å². The van der Waals surface area contributed by atoms with Crippen LogP contribution in [0, 0.1) is 0 Å². The third-order valence-electron chi connectivity index (χ3n) is 6.30. The lowest BCUT2D eigenvalue weighted by molar-refractivity contribution is 0.0909. The number of rotatable bonds is 7. The number of unbranched alkanes of at least 4 members (excludes halogenated alkanes) is 1. The van der Waals surface area contributed by atoms with Crippen molar-refractivity contribution in [3.8, 4) is 28.5 Å². The van der Waals surface area contributed by atoms with Crippen LogP contribution in [0.3, 0.4) is 0 Å². The standard InChI is InChI=1S/C24H27N5O6/c1-2-3-10-33-16-4-5-17-22(35-13-34-17)18(16)20-21-19(26-12-27-20)15(11-25-21)23(30)28-14-6-8-29(9-7-14)24(31)32/h4-5,11-12,14,25H,2-3,6-10,13H2,1H3,(H,28,30)(H,31,32). The van der Waals surface area contributed by atoms with Crippen LogP contribution in [-0.4, -0.2) is 69.5 Å². The molecule has 184 valence electrons. The van der Waals surface area contributed by atoms with E-state index in [0.717, 1.165) is 12.8 Å². The number of amides is 2. The van der Waals surface area contributed by atoms with Gasteiger partial charge in [0.25, 0.3) is 5.91 Å². The van der Waals surface area contributed by atoms with Gasteiger partial charge in [0.15, 0.2) is 11.5 Å². The maximum absolute atomic E-state index is 13.1. The van der Waals surface area contributed by atoms with Gasteiger partial charge in [0.1, 0.15) is 23.3 Å².